The Hall–Kier alpha value is -1.66. The van der Waals surface area contributed by atoms with E-state index in [0.29, 0.717) is 12.4 Å². The molecule has 1 saturated heterocycles. The number of aliphatic hydroxyl groups is 1. The van der Waals surface area contributed by atoms with E-state index in [1.165, 1.54) is 12.1 Å². The molecule has 1 aromatic rings. The molecule has 1 aromatic carbocycles. The number of nitro groups is 1. The SMILES string of the molecule is CC1(CO)CCCN(CCOc2cccc([N+](=O)[O-])c2)C1. The molecule has 0 spiro atoms. The van der Waals surface area contributed by atoms with Crippen LogP contribution >= 0.6 is 0 Å². The van der Waals surface area contributed by atoms with Gasteiger partial charge in [0, 0.05) is 31.2 Å². The Morgan fingerprint density at radius 2 is 2.33 bits per heavy atom. The van der Waals surface area contributed by atoms with Crippen LogP contribution in [0.4, 0.5) is 5.69 Å². The molecule has 0 saturated carbocycles. The van der Waals surface area contributed by atoms with Crippen molar-refractivity contribution < 1.29 is 14.8 Å². The lowest BCUT2D eigenvalue weighted by Gasteiger charge is -2.39. The molecule has 0 bridgehead atoms. The molecule has 0 aliphatic carbocycles. The molecule has 21 heavy (non-hydrogen) atoms. The summed E-state index contributed by atoms with van der Waals surface area (Å²) in [6.07, 6.45) is 2.12. The predicted octanol–water partition coefficient (Wildman–Crippen LogP) is 2.07. The largest absolute Gasteiger partial charge is 0.492 e. The minimum absolute atomic E-state index is 0.0240. The third-order valence-corrected chi connectivity index (χ3v) is 3.95. The molecule has 0 radical (unpaired) electrons. The topological polar surface area (TPSA) is 75.8 Å². The first kappa shape index (κ1) is 15.7. The number of nitrogens with zero attached hydrogens (tertiary/aromatic N) is 2. The highest BCUT2D eigenvalue weighted by Crippen LogP contribution is 2.28. The first-order valence-corrected chi connectivity index (χ1v) is 7.23. The molecule has 6 nitrogen and oxygen atoms in total. The van der Waals surface area contributed by atoms with Crippen molar-refractivity contribution in [2.24, 2.45) is 5.41 Å². The van der Waals surface area contributed by atoms with E-state index in [1.54, 1.807) is 12.1 Å². The maximum atomic E-state index is 10.7. The number of piperidine rings is 1. The number of aliphatic hydroxyl groups excluding tert-OH is 1. The first-order chi connectivity index (χ1) is 10.0. The van der Waals surface area contributed by atoms with Crippen LogP contribution in [0, 0.1) is 15.5 Å². The summed E-state index contributed by atoms with van der Waals surface area (Å²) in [7, 11) is 0. The van der Waals surface area contributed by atoms with Crippen LogP contribution in [-0.2, 0) is 0 Å². The summed E-state index contributed by atoms with van der Waals surface area (Å²) in [5.41, 5.74) is 0.0161. The van der Waals surface area contributed by atoms with Crippen LogP contribution in [0.2, 0.25) is 0 Å². The van der Waals surface area contributed by atoms with Gasteiger partial charge in [0.05, 0.1) is 11.0 Å². The molecule has 1 heterocycles. The maximum Gasteiger partial charge on any atom is 0.273 e. The summed E-state index contributed by atoms with van der Waals surface area (Å²) in [5, 5.41) is 20.1. The zero-order chi connectivity index (χ0) is 15.3. The van der Waals surface area contributed by atoms with Crippen LogP contribution in [0.5, 0.6) is 5.75 Å². The highest BCUT2D eigenvalue weighted by Gasteiger charge is 2.29. The van der Waals surface area contributed by atoms with Crippen molar-refractivity contribution in [3.63, 3.8) is 0 Å². The molecule has 0 amide bonds. The van der Waals surface area contributed by atoms with E-state index in [9.17, 15) is 15.2 Å². The Morgan fingerprint density at radius 1 is 1.52 bits per heavy atom. The van der Waals surface area contributed by atoms with Crippen molar-refractivity contribution in [1.82, 2.24) is 4.90 Å². The molecule has 1 fully saturated rings. The predicted molar refractivity (Wildman–Crippen MR) is 79.5 cm³/mol. The summed E-state index contributed by atoms with van der Waals surface area (Å²) in [4.78, 5) is 12.5. The summed E-state index contributed by atoms with van der Waals surface area (Å²) in [6.45, 7) is 5.42. The molecule has 6 heteroatoms. The number of hydrogen-bond donors (Lipinski definition) is 1. The smallest absolute Gasteiger partial charge is 0.273 e. The van der Waals surface area contributed by atoms with Gasteiger partial charge in [0.25, 0.3) is 5.69 Å². The molecule has 1 atom stereocenters. The Bertz CT molecular complexity index is 494. The van der Waals surface area contributed by atoms with Crippen LogP contribution in [0.1, 0.15) is 19.8 Å². The second kappa shape index (κ2) is 6.87. The van der Waals surface area contributed by atoms with Gasteiger partial charge in [0.1, 0.15) is 12.4 Å². The normalized spacial score (nSPS) is 23.0. The molecule has 1 N–H and O–H groups in total. The number of benzene rings is 1. The lowest BCUT2D eigenvalue weighted by atomic mass is 9.83. The standard InChI is InChI=1S/C15H22N2O4/c1-15(12-18)6-3-7-16(11-15)8-9-21-14-5-2-4-13(10-14)17(19)20/h2,4-5,10,18H,3,6-9,11-12H2,1H3. The Labute approximate surface area is 124 Å². The fourth-order valence-electron chi connectivity index (χ4n) is 2.73. The van der Waals surface area contributed by atoms with Crippen molar-refractivity contribution in [1.29, 1.82) is 0 Å². The lowest BCUT2D eigenvalue weighted by Crippen LogP contribution is -2.45. The number of hydrogen-bond acceptors (Lipinski definition) is 5. The Balaban J connectivity index is 1.81. The highest BCUT2D eigenvalue weighted by molar-refractivity contribution is 5.37. The zero-order valence-electron chi connectivity index (χ0n) is 12.3. The highest BCUT2D eigenvalue weighted by atomic mass is 16.6. The molecule has 0 aromatic heterocycles. The van der Waals surface area contributed by atoms with Gasteiger partial charge >= 0.3 is 0 Å². The fraction of sp³-hybridized carbons (Fsp3) is 0.600. The van der Waals surface area contributed by atoms with E-state index in [-0.39, 0.29) is 17.7 Å². The van der Waals surface area contributed by atoms with E-state index in [4.69, 9.17) is 4.74 Å². The molecular weight excluding hydrogens is 272 g/mol. The maximum absolute atomic E-state index is 10.7. The third-order valence-electron chi connectivity index (χ3n) is 3.95. The third kappa shape index (κ3) is 4.41. The number of ether oxygens (including phenoxy) is 1. The van der Waals surface area contributed by atoms with Crippen molar-refractivity contribution in [3.05, 3.63) is 34.4 Å². The van der Waals surface area contributed by atoms with Crippen LogP contribution < -0.4 is 4.74 Å². The second-order valence-corrected chi connectivity index (χ2v) is 5.95. The molecular formula is C15H22N2O4. The first-order valence-electron chi connectivity index (χ1n) is 7.23. The van der Waals surface area contributed by atoms with Gasteiger partial charge in [-0.2, -0.15) is 0 Å². The van der Waals surface area contributed by atoms with E-state index < -0.39 is 4.92 Å². The van der Waals surface area contributed by atoms with Crippen LogP contribution in [0.25, 0.3) is 0 Å². The number of rotatable bonds is 6. The number of non-ortho nitro benzene ring substituents is 1. The van der Waals surface area contributed by atoms with Gasteiger partial charge in [0.15, 0.2) is 0 Å². The van der Waals surface area contributed by atoms with E-state index >= 15 is 0 Å². The summed E-state index contributed by atoms with van der Waals surface area (Å²) < 4.78 is 5.59. The number of nitro benzene ring substituents is 1. The molecule has 1 aliphatic heterocycles. The van der Waals surface area contributed by atoms with Gasteiger partial charge < -0.3 is 9.84 Å². The van der Waals surface area contributed by atoms with E-state index in [1.807, 2.05) is 0 Å². The van der Waals surface area contributed by atoms with Crippen molar-refractivity contribution in [2.45, 2.75) is 19.8 Å². The molecule has 116 valence electrons. The quantitative estimate of drug-likeness (QED) is 0.642. The van der Waals surface area contributed by atoms with Crippen LogP contribution in [0.15, 0.2) is 24.3 Å². The van der Waals surface area contributed by atoms with Crippen LogP contribution in [-0.4, -0.2) is 47.8 Å². The second-order valence-electron chi connectivity index (χ2n) is 5.95. The zero-order valence-corrected chi connectivity index (χ0v) is 12.3. The van der Waals surface area contributed by atoms with Crippen LogP contribution in [0.3, 0.4) is 0 Å². The van der Waals surface area contributed by atoms with Gasteiger partial charge in [-0.15, -0.1) is 0 Å². The summed E-state index contributed by atoms with van der Waals surface area (Å²) >= 11 is 0. The molecule has 1 aliphatic rings. The van der Waals surface area contributed by atoms with Gasteiger partial charge in [0.2, 0.25) is 0 Å². The average molecular weight is 294 g/mol. The van der Waals surface area contributed by atoms with Crippen molar-refractivity contribution >= 4 is 5.69 Å². The fourth-order valence-corrected chi connectivity index (χ4v) is 2.73. The Kier molecular flexibility index (Phi) is 5.14. The van der Waals surface area contributed by atoms with E-state index in [2.05, 4.69) is 11.8 Å². The summed E-state index contributed by atoms with van der Waals surface area (Å²) in [6, 6.07) is 6.23. The number of likely N-dealkylation sites (tertiary alicyclic amines) is 1. The summed E-state index contributed by atoms with van der Waals surface area (Å²) in [5.74, 6) is 0.520. The van der Waals surface area contributed by atoms with Crippen molar-refractivity contribution in [3.8, 4) is 5.75 Å². The van der Waals surface area contributed by atoms with Gasteiger partial charge in [-0.25, -0.2) is 0 Å². The lowest BCUT2D eigenvalue weighted by molar-refractivity contribution is -0.384. The monoisotopic (exact) mass is 294 g/mol. The molecule has 2 rings (SSSR count). The minimum Gasteiger partial charge on any atom is -0.492 e. The minimum atomic E-state index is -0.426. The molecule has 1 unspecified atom stereocenters. The Morgan fingerprint density at radius 3 is 3.05 bits per heavy atom. The van der Waals surface area contributed by atoms with E-state index in [0.717, 1.165) is 32.5 Å². The van der Waals surface area contributed by atoms with Gasteiger partial charge in [-0.1, -0.05) is 13.0 Å². The van der Waals surface area contributed by atoms with Crippen molar-refractivity contribution in [2.75, 3.05) is 32.8 Å². The average Bonchev–Trinajstić information content (AvgIpc) is 2.48. The van der Waals surface area contributed by atoms with Gasteiger partial charge in [-0.05, 0) is 25.5 Å². The van der Waals surface area contributed by atoms with Gasteiger partial charge in [-0.3, -0.25) is 15.0 Å².